The van der Waals surface area contributed by atoms with E-state index in [1.165, 1.54) is 6.07 Å². The molecule has 0 aliphatic heterocycles. The maximum atomic E-state index is 12.1. The van der Waals surface area contributed by atoms with E-state index in [0.717, 1.165) is 7.05 Å². The molecular formula is C11H12F3NO. The summed E-state index contributed by atoms with van der Waals surface area (Å²) < 4.78 is 36.3. The predicted octanol–water partition coefficient (Wildman–Crippen LogP) is 2.63. The third kappa shape index (κ3) is 3.25. The van der Waals surface area contributed by atoms with Gasteiger partial charge >= 0.3 is 6.18 Å². The summed E-state index contributed by atoms with van der Waals surface area (Å²) in [6, 6.07) is 6.57. The highest BCUT2D eigenvalue weighted by Crippen LogP contribution is 2.17. The molecule has 0 saturated carbocycles. The number of rotatable bonds is 2. The number of hydrogen-bond acceptors (Lipinski definition) is 1. The molecule has 0 fully saturated rings. The maximum Gasteiger partial charge on any atom is 0.406 e. The zero-order valence-electron chi connectivity index (χ0n) is 9.01. The molecule has 0 atom stereocenters. The van der Waals surface area contributed by atoms with Crippen LogP contribution < -0.4 is 0 Å². The van der Waals surface area contributed by atoms with Crippen LogP contribution in [0.1, 0.15) is 15.9 Å². The first-order valence-corrected chi connectivity index (χ1v) is 4.69. The standard InChI is InChI=1S/C11H12F3NO/c1-8-5-3-4-6-9(8)10(16)15(2)7-11(12,13)14/h3-6H,7H2,1-2H3. The molecule has 0 heterocycles. The van der Waals surface area contributed by atoms with Gasteiger partial charge in [0.25, 0.3) is 5.91 Å². The second-order valence-electron chi connectivity index (χ2n) is 3.59. The number of carbonyl (C=O) groups is 1. The lowest BCUT2D eigenvalue weighted by Gasteiger charge is -2.19. The number of aryl methyl sites for hydroxylation is 1. The van der Waals surface area contributed by atoms with E-state index in [4.69, 9.17) is 0 Å². The van der Waals surface area contributed by atoms with Crippen molar-refractivity contribution in [2.45, 2.75) is 13.1 Å². The van der Waals surface area contributed by atoms with Crippen molar-refractivity contribution in [2.24, 2.45) is 0 Å². The Labute approximate surface area is 91.7 Å². The fraction of sp³-hybridized carbons (Fsp3) is 0.364. The largest absolute Gasteiger partial charge is 0.406 e. The topological polar surface area (TPSA) is 20.3 Å². The summed E-state index contributed by atoms with van der Waals surface area (Å²) in [4.78, 5) is 12.3. The Morgan fingerprint density at radius 1 is 1.31 bits per heavy atom. The fourth-order valence-corrected chi connectivity index (χ4v) is 1.36. The molecule has 0 aromatic heterocycles. The van der Waals surface area contributed by atoms with E-state index in [-0.39, 0.29) is 0 Å². The van der Waals surface area contributed by atoms with Crippen LogP contribution in [0, 0.1) is 6.92 Å². The van der Waals surface area contributed by atoms with Crippen LogP contribution in [0.5, 0.6) is 0 Å². The van der Waals surface area contributed by atoms with Crippen molar-refractivity contribution in [3.05, 3.63) is 35.4 Å². The Morgan fingerprint density at radius 2 is 1.88 bits per heavy atom. The van der Waals surface area contributed by atoms with Crippen LogP contribution in [0.3, 0.4) is 0 Å². The Hall–Kier alpha value is -1.52. The second-order valence-corrected chi connectivity index (χ2v) is 3.59. The molecule has 2 nitrogen and oxygen atoms in total. The summed E-state index contributed by atoms with van der Waals surface area (Å²) in [7, 11) is 1.14. The smallest absolute Gasteiger partial charge is 0.333 e. The van der Waals surface area contributed by atoms with Gasteiger partial charge in [-0.2, -0.15) is 13.2 Å². The third-order valence-electron chi connectivity index (χ3n) is 2.14. The van der Waals surface area contributed by atoms with Crippen LogP contribution >= 0.6 is 0 Å². The van der Waals surface area contributed by atoms with Crippen molar-refractivity contribution in [2.75, 3.05) is 13.6 Å². The van der Waals surface area contributed by atoms with Gasteiger partial charge in [0.2, 0.25) is 0 Å². The van der Waals surface area contributed by atoms with Crippen molar-refractivity contribution >= 4 is 5.91 Å². The second kappa shape index (κ2) is 4.55. The van der Waals surface area contributed by atoms with Crippen LogP contribution in [0.25, 0.3) is 0 Å². The van der Waals surface area contributed by atoms with Gasteiger partial charge < -0.3 is 4.90 Å². The monoisotopic (exact) mass is 231 g/mol. The van der Waals surface area contributed by atoms with E-state index in [1.807, 2.05) is 0 Å². The van der Waals surface area contributed by atoms with Gasteiger partial charge in [0, 0.05) is 12.6 Å². The molecule has 0 bridgehead atoms. The Kier molecular flexibility index (Phi) is 3.57. The highest BCUT2D eigenvalue weighted by Gasteiger charge is 2.31. The minimum absolute atomic E-state index is 0.300. The molecule has 16 heavy (non-hydrogen) atoms. The zero-order chi connectivity index (χ0) is 12.3. The molecule has 0 unspecified atom stereocenters. The Morgan fingerprint density at radius 3 is 2.38 bits per heavy atom. The lowest BCUT2D eigenvalue weighted by molar-refractivity contribution is -0.138. The molecule has 1 amide bonds. The molecule has 0 N–H and O–H groups in total. The van der Waals surface area contributed by atoms with Crippen molar-refractivity contribution in [3.63, 3.8) is 0 Å². The number of amides is 1. The van der Waals surface area contributed by atoms with Crippen molar-refractivity contribution in [1.82, 2.24) is 4.90 Å². The normalized spacial score (nSPS) is 11.3. The van der Waals surface area contributed by atoms with Crippen LogP contribution in [-0.4, -0.2) is 30.6 Å². The lowest BCUT2D eigenvalue weighted by atomic mass is 10.1. The Bertz CT molecular complexity index is 387. The number of benzene rings is 1. The number of halogens is 3. The minimum Gasteiger partial charge on any atom is -0.333 e. The van der Waals surface area contributed by atoms with Gasteiger partial charge in [0.15, 0.2) is 0 Å². The summed E-state index contributed by atoms with van der Waals surface area (Å²) in [6.07, 6.45) is -4.37. The van der Waals surface area contributed by atoms with Crippen molar-refractivity contribution in [3.8, 4) is 0 Å². The molecular weight excluding hydrogens is 219 g/mol. The first-order valence-electron chi connectivity index (χ1n) is 4.69. The van der Waals surface area contributed by atoms with Crippen LogP contribution in [0.15, 0.2) is 24.3 Å². The van der Waals surface area contributed by atoms with Gasteiger partial charge in [0.05, 0.1) is 0 Å². The fourth-order valence-electron chi connectivity index (χ4n) is 1.36. The molecule has 1 aromatic rings. The van der Waals surface area contributed by atoms with Crippen molar-refractivity contribution in [1.29, 1.82) is 0 Å². The molecule has 1 aromatic carbocycles. The van der Waals surface area contributed by atoms with E-state index in [9.17, 15) is 18.0 Å². The highest BCUT2D eigenvalue weighted by atomic mass is 19.4. The summed E-state index contributed by atoms with van der Waals surface area (Å²) in [5.74, 6) is -0.615. The molecule has 88 valence electrons. The highest BCUT2D eigenvalue weighted by molar-refractivity contribution is 5.95. The number of nitrogens with zero attached hydrogens (tertiary/aromatic N) is 1. The van der Waals surface area contributed by atoms with Gasteiger partial charge in [-0.1, -0.05) is 18.2 Å². The molecule has 0 aliphatic rings. The molecule has 0 aliphatic carbocycles. The number of hydrogen-bond donors (Lipinski definition) is 0. The average Bonchev–Trinajstić information content (AvgIpc) is 2.15. The third-order valence-corrected chi connectivity index (χ3v) is 2.14. The van der Waals surface area contributed by atoms with Crippen LogP contribution in [-0.2, 0) is 0 Å². The van der Waals surface area contributed by atoms with E-state index in [0.29, 0.717) is 16.0 Å². The molecule has 0 saturated heterocycles. The average molecular weight is 231 g/mol. The first kappa shape index (κ1) is 12.5. The number of carbonyl (C=O) groups excluding carboxylic acids is 1. The summed E-state index contributed by atoms with van der Waals surface area (Å²) >= 11 is 0. The van der Waals surface area contributed by atoms with Gasteiger partial charge in [-0.05, 0) is 18.6 Å². The van der Waals surface area contributed by atoms with Gasteiger partial charge in [-0.25, -0.2) is 0 Å². The summed E-state index contributed by atoms with van der Waals surface area (Å²) in [5, 5.41) is 0. The summed E-state index contributed by atoms with van der Waals surface area (Å²) in [6.45, 7) is 0.453. The first-order chi connectivity index (χ1) is 7.31. The quantitative estimate of drug-likeness (QED) is 0.766. The van der Waals surface area contributed by atoms with Gasteiger partial charge in [-0.15, -0.1) is 0 Å². The van der Waals surface area contributed by atoms with Crippen molar-refractivity contribution < 1.29 is 18.0 Å². The SMILES string of the molecule is Cc1ccccc1C(=O)N(C)CC(F)(F)F. The minimum atomic E-state index is -4.37. The number of alkyl halides is 3. The maximum absolute atomic E-state index is 12.1. The molecule has 1 rings (SSSR count). The van der Waals surface area contributed by atoms with Gasteiger partial charge in [0.1, 0.15) is 6.54 Å². The molecule has 5 heteroatoms. The molecule has 0 radical (unpaired) electrons. The predicted molar refractivity (Wildman–Crippen MR) is 54.2 cm³/mol. The summed E-state index contributed by atoms with van der Waals surface area (Å²) in [5.41, 5.74) is 0.968. The van der Waals surface area contributed by atoms with Crippen LogP contribution in [0.2, 0.25) is 0 Å². The van der Waals surface area contributed by atoms with E-state index >= 15 is 0 Å². The zero-order valence-corrected chi connectivity index (χ0v) is 9.01. The molecule has 0 spiro atoms. The van der Waals surface area contributed by atoms with E-state index in [1.54, 1.807) is 25.1 Å². The van der Waals surface area contributed by atoms with Crippen LogP contribution in [0.4, 0.5) is 13.2 Å². The van der Waals surface area contributed by atoms with Gasteiger partial charge in [-0.3, -0.25) is 4.79 Å². The Balaban J connectivity index is 2.83. The van der Waals surface area contributed by atoms with E-state index in [2.05, 4.69) is 0 Å². The van der Waals surface area contributed by atoms with E-state index < -0.39 is 18.6 Å². The lowest BCUT2D eigenvalue weighted by Crippen LogP contribution is -2.36.